The fraction of sp³-hybridized carbons (Fsp3) is 0.278. The van der Waals surface area contributed by atoms with Crippen LogP contribution in [0.3, 0.4) is 0 Å². The van der Waals surface area contributed by atoms with Gasteiger partial charge in [0.2, 0.25) is 5.91 Å². The molecule has 1 aliphatic heterocycles. The largest absolute Gasteiger partial charge is 0.368 e. The lowest BCUT2D eigenvalue weighted by molar-refractivity contribution is -0.130. The Morgan fingerprint density at radius 3 is 2.17 bits per heavy atom. The molecule has 1 fully saturated rings. The van der Waals surface area contributed by atoms with Crippen LogP contribution in [0.4, 0.5) is 10.1 Å². The van der Waals surface area contributed by atoms with Crippen molar-refractivity contribution in [1.29, 1.82) is 0 Å². The van der Waals surface area contributed by atoms with Crippen molar-refractivity contribution in [2.45, 2.75) is 6.42 Å². The zero-order chi connectivity index (χ0) is 16.2. The Kier molecular flexibility index (Phi) is 4.82. The Morgan fingerprint density at radius 2 is 1.57 bits per heavy atom. The highest BCUT2D eigenvalue weighted by Crippen LogP contribution is 2.19. The first-order valence-electron chi connectivity index (χ1n) is 7.64. The highest BCUT2D eigenvalue weighted by atomic mass is 35.5. The second-order valence-electron chi connectivity index (χ2n) is 5.65. The summed E-state index contributed by atoms with van der Waals surface area (Å²) < 4.78 is 12.9. The molecule has 3 nitrogen and oxygen atoms in total. The molecule has 2 aromatic carbocycles. The number of anilines is 1. The Morgan fingerprint density at radius 1 is 0.957 bits per heavy atom. The number of hydrogen-bond acceptors (Lipinski definition) is 2. The first-order chi connectivity index (χ1) is 11.1. The second-order valence-corrected chi connectivity index (χ2v) is 6.08. The third-order valence-corrected chi connectivity index (χ3v) is 4.34. The van der Waals surface area contributed by atoms with Gasteiger partial charge < -0.3 is 9.80 Å². The van der Waals surface area contributed by atoms with Crippen LogP contribution in [0.15, 0.2) is 48.5 Å². The van der Waals surface area contributed by atoms with E-state index in [2.05, 4.69) is 4.90 Å². The van der Waals surface area contributed by atoms with E-state index >= 15 is 0 Å². The fourth-order valence-corrected chi connectivity index (χ4v) is 2.88. The summed E-state index contributed by atoms with van der Waals surface area (Å²) in [6, 6.07) is 13.9. The predicted molar refractivity (Wildman–Crippen MR) is 90.3 cm³/mol. The number of carbonyl (C=O) groups excluding carboxylic acids is 1. The number of rotatable bonds is 3. The monoisotopic (exact) mass is 332 g/mol. The van der Waals surface area contributed by atoms with E-state index in [0.29, 0.717) is 19.5 Å². The van der Waals surface area contributed by atoms with E-state index < -0.39 is 0 Å². The van der Waals surface area contributed by atoms with E-state index in [-0.39, 0.29) is 11.7 Å². The number of amides is 1. The maximum absolute atomic E-state index is 12.9. The van der Waals surface area contributed by atoms with Gasteiger partial charge in [-0.1, -0.05) is 23.7 Å². The zero-order valence-electron chi connectivity index (χ0n) is 12.7. The van der Waals surface area contributed by atoms with Crippen molar-refractivity contribution < 1.29 is 9.18 Å². The Labute approximate surface area is 140 Å². The summed E-state index contributed by atoms with van der Waals surface area (Å²) in [5, 5.41) is 0.724. The average Bonchev–Trinajstić information content (AvgIpc) is 2.58. The quantitative estimate of drug-likeness (QED) is 0.860. The van der Waals surface area contributed by atoms with Crippen LogP contribution < -0.4 is 4.90 Å². The molecule has 3 rings (SSSR count). The van der Waals surface area contributed by atoms with Crippen LogP contribution in [0.5, 0.6) is 0 Å². The minimum absolute atomic E-state index is 0.0902. The molecule has 23 heavy (non-hydrogen) atoms. The van der Waals surface area contributed by atoms with Crippen LogP contribution in [0.2, 0.25) is 5.02 Å². The number of carbonyl (C=O) groups is 1. The van der Waals surface area contributed by atoms with Crippen LogP contribution in [0.1, 0.15) is 5.56 Å². The van der Waals surface area contributed by atoms with E-state index in [9.17, 15) is 9.18 Å². The van der Waals surface area contributed by atoms with Crippen LogP contribution in [0, 0.1) is 5.82 Å². The molecule has 5 heteroatoms. The molecule has 0 aliphatic carbocycles. The first kappa shape index (κ1) is 15.8. The van der Waals surface area contributed by atoms with E-state index in [1.54, 1.807) is 12.1 Å². The summed E-state index contributed by atoms with van der Waals surface area (Å²) in [6.45, 7) is 3.00. The van der Waals surface area contributed by atoms with Crippen molar-refractivity contribution >= 4 is 23.2 Å². The molecule has 0 aromatic heterocycles. The molecule has 1 amide bonds. The molecule has 0 spiro atoms. The molecular weight excluding hydrogens is 315 g/mol. The number of nitrogens with zero attached hydrogens (tertiary/aromatic N) is 2. The minimum Gasteiger partial charge on any atom is -0.368 e. The molecule has 0 N–H and O–H groups in total. The number of benzene rings is 2. The van der Waals surface area contributed by atoms with Gasteiger partial charge in [0, 0.05) is 36.9 Å². The van der Waals surface area contributed by atoms with E-state index in [1.165, 1.54) is 12.1 Å². The number of halogens is 2. The molecule has 120 valence electrons. The molecule has 0 unspecified atom stereocenters. The van der Waals surface area contributed by atoms with Crippen molar-refractivity contribution in [2.75, 3.05) is 31.1 Å². The van der Waals surface area contributed by atoms with E-state index in [4.69, 9.17) is 11.6 Å². The molecule has 1 saturated heterocycles. The van der Waals surface area contributed by atoms with Crippen molar-refractivity contribution in [2.24, 2.45) is 0 Å². The lowest BCUT2D eigenvalue weighted by Crippen LogP contribution is -2.49. The third-order valence-electron chi connectivity index (χ3n) is 4.09. The van der Waals surface area contributed by atoms with Gasteiger partial charge in [0.15, 0.2) is 0 Å². The van der Waals surface area contributed by atoms with Crippen molar-refractivity contribution in [3.8, 4) is 0 Å². The summed E-state index contributed by atoms with van der Waals surface area (Å²) in [4.78, 5) is 16.5. The molecule has 0 saturated carbocycles. The number of piperazine rings is 1. The smallest absolute Gasteiger partial charge is 0.227 e. The topological polar surface area (TPSA) is 23.6 Å². The first-order valence-corrected chi connectivity index (χ1v) is 8.02. The SMILES string of the molecule is O=C(Cc1ccc(F)cc1)N1CCN(c2ccc(Cl)cc2)CC1. The molecule has 1 aliphatic rings. The van der Waals surface area contributed by atoms with Gasteiger partial charge in [-0.25, -0.2) is 4.39 Å². The summed E-state index contributed by atoms with van der Waals surface area (Å²) >= 11 is 5.91. The minimum atomic E-state index is -0.280. The van der Waals surface area contributed by atoms with Gasteiger partial charge in [0.1, 0.15) is 5.82 Å². The third kappa shape index (κ3) is 4.02. The zero-order valence-corrected chi connectivity index (χ0v) is 13.5. The van der Waals surface area contributed by atoms with Gasteiger partial charge >= 0.3 is 0 Å². The molecule has 1 heterocycles. The highest BCUT2D eigenvalue weighted by Gasteiger charge is 2.21. The fourth-order valence-electron chi connectivity index (χ4n) is 2.75. The molecular formula is C18H18ClFN2O. The molecule has 0 atom stereocenters. The Bertz CT molecular complexity index is 664. The van der Waals surface area contributed by atoms with Crippen molar-refractivity contribution in [1.82, 2.24) is 4.90 Å². The maximum Gasteiger partial charge on any atom is 0.227 e. The van der Waals surface area contributed by atoms with Crippen LogP contribution in [-0.2, 0) is 11.2 Å². The average molecular weight is 333 g/mol. The normalized spacial score (nSPS) is 14.9. The van der Waals surface area contributed by atoms with Gasteiger partial charge in [-0.05, 0) is 42.0 Å². The summed E-state index contributed by atoms with van der Waals surface area (Å²) in [6.07, 6.45) is 0.321. The lowest BCUT2D eigenvalue weighted by Gasteiger charge is -2.36. The van der Waals surface area contributed by atoms with Gasteiger partial charge in [0.25, 0.3) is 0 Å². The van der Waals surface area contributed by atoms with Crippen molar-refractivity contribution in [3.05, 3.63) is 64.9 Å². The Balaban J connectivity index is 1.54. The molecule has 2 aromatic rings. The standard InChI is InChI=1S/C18H18ClFN2O/c19-15-3-7-17(8-4-15)21-9-11-22(12-10-21)18(23)13-14-1-5-16(20)6-2-14/h1-8H,9-13H2. The highest BCUT2D eigenvalue weighted by molar-refractivity contribution is 6.30. The molecule has 0 bridgehead atoms. The second kappa shape index (κ2) is 7.01. The summed E-state index contributed by atoms with van der Waals surface area (Å²) in [7, 11) is 0. The van der Waals surface area contributed by atoms with Gasteiger partial charge in [-0.2, -0.15) is 0 Å². The van der Waals surface area contributed by atoms with Crippen molar-refractivity contribution in [3.63, 3.8) is 0 Å². The van der Waals surface area contributed by atoms with Crippen LogP contribution in [0.25, 0.3) is 0 Å². The van der Waals surface area contributed by atoms with Gasteiger partial charge in [0.05, 0.1) is 6.42 Å². The lowest BCUT2D eigenvalue weighted by atomic mass is 10.1. The van der Waals surface area contributed by atoms with Gasteiger partial charge in [-0.15, -0.1) is 0 Å². The maximum atomic E-state index is 12.9. The van der Waals surface area contributed by atoms with Gasteiger partial charge in [-0.3, -0.25) is 4.79 Å². The number of hydrogen-bond donors (Lipinski definition) is 0. The van der Waals surface area contributed by atoms with Crippen LogP contribution in [-0.4, -0.2) is 37.0 Å². The van der Waals surface area contributed by atoms with Crippen LogP contribution >= 0.6 is 11.6 Å². The van der Waals surface area contributed by atoms with E-state index in [1.807, 2.05) is 29.2 Å². The van der Waals surface area contributed by atoms with E-state index in [0.717, 1.165) is 29.4 Å². The summed E-state index contributed by atoms with van der Waals surface area (Å²) in [5.41, 5.74) is 1.97. The summed E-state index contributed by atoms with van der Waals surface area (Å²) in [5.74, 6) is -0.190. The predicted octanol–water partition coefficient (Wildman–Crippen LogP) is 3.37. The Hall–Kier alpha value is -2.07. The molecule has 0 radical (unpaired) electrons.